The lowest BCUT2D eigenvalue weighted by Crippen LogP contribution is -1.92. The third-order valence-corrected chi connectivity index (χ3v) is 2.02. The van der Waals surface area contributed by atoms with Crippen molar-refractivity contribution in [1.82, 2.24) is 0 Å². The molecule has 0 radical (unpaired) electrons. The molecule has 0 fully saturated rings. The molecule has 0 spiro atoms. The van der Waals surface area contributed by atoms with E-state index in [2.05, 4.69) is 6.58 Å². The van der Waals surface area contributed by atoms with Gasteiger partial charge in [0, 0.05) is 5.56 Å². The fraction of sp³-hybridized carbons (Fsp3) is 0.273. The first kappa shape index (κ1) is 9.81. The minimum atomic E-state index is 0.0700. The molecule has 13 heavy (non-hydrogen) atoms. The minimum Gasteiger partial charge on any atom is -0.497 e. The van der Waals surface area contributed by atoms with Crippen molar-refractivity contribution in [1.29, 1.82) is 0 Å². The average molecular weight is 178 g/mol. The molecule has 2 nitrogen and oxygen atoms in total. The second-order valence-electron chi connectivity index (χ2n) is 2.93. The van der Waals surface area contributed by atoms with Crippen LogP contribution in [0, 0.1) is 6.92 Å². The van der Waals surface area contributed by atoms with Crippen LogP contribution in [0.15, 0.2) is 24.8 Å². The SMILES string of the molecule is C=C(OC)c1ccc(CO)cc1C. The number of benzene rings is 1. The van der Waals surface area contributed by atoms with E-state index in [1.807, 2.05) is 25.1 Å². The summed E-state index contributed by atoms with van der Waals surface area (Å²) >= 11 is 0. The Morgan fingerprint density at radius 3 is 2.69 bits per heavy atom. The number of methoxy groups -OCH3 is 1. The molecular weight excluding hydrogens is 164 g/mol. The molecule has 1 N–H and O–H groups in total. The molecule has 0 aliphatic rings. The lowest BCUT2D eigenvalue weighted by atomic mass is 10.0. The van der Waals surface area contributed by atoms with E-state index in [-0.39, 0.29) is 6.61 Å². The quantitative estimate of drug-likeness (QED) is 0.718. The molecule has 0 saturated heterocycles. The Labute approximate surface area is 78.5 Å². The molecule has 0 aromatic heterocycles. The normalized spacial score (nSPS) is 9.77. The number of ether oxygens (including phenoxy) is 1. The number of hydrogen-bond acceptors (Lipinski definition) is 2. The van der Waals surface area contributed by atoms with Crippen molar-refractivity contribution in [2.45, 2.75) is 13.5 Å². The first-order chi connectivity index (χ1) is 6.19. The maximum atomic E-state index is 8.90. The molecule has 0 aliphatic heterocycles. The molecule has 1 rings (SSSR count). The van der Waals surface area contributed by atoms with Crippen molar-refractivity contribution in [3.8, 4) is 0 Å². The molecule has 0 amide bonds. The third kappa shape index (κ3) is 2.10. The van der Waals surface area contributed by atoms with Crippen LogP contribution < -0.4 is 0 Å². The highest BCUT2D eigenvalue weighted by atomic mass is 16.5. The van der Waals surface area contributed by atoms with E-state index < -0.39 is 0 Å². The highest BCUT2D eigenvalue weighted by Gasteiger charge is 2.02. The highest BCUT2D eigenvalue weighted by molar-refractivity contribution is 5.61. The van der Waals surface area contributed by atoms with Gasteiger partial charge in [0.05, 0.1) is 13.7 Å². The lowest BCUT2D eigenvalue weighted by Gasteiger charge is -2.08. The van der Waals surface area contributed by atoms with Gasteiger partial charge >= 0.3 is 0 Å². The van der Waals surface area contributed by atoms with Crippen molar-refractivity contribution in [2.75, 3.05) is 7.11 Å². The average Bonchev–Trinajstić information content (AvgIpc) is 2.16. The molecule has 0 saturated carbocycles. The second-order valence-corrected chi connectivity index (χ2v) is 2.93. The van der Waals surface area contributed by atoms with Gasteiger partial charge in [-0.25, -0.2) is 0 Å². The van der Waals surface area contributed by atoms with E-state index in [9.17, 15) is 0 Å². The van der Waals surface area contributed by atoms with Crippen LogP contribution in [-0.2, 0) is 11.3 Å². The summed E-state index contributed by atoms with van der Waals surface area (Å²) in [5.41, 5.74) is 2.96. The number of hydrogen-bond donors (Lipinski definition) is 1. The lowest BCUT2D eigenvalue weighted by molar-refractivity contribution is 0.281. The van der Waals surface area contributed by atoms with E-state index >= 15 is 0 Å². The molecule has 0 heterocycles. The first-order valence-corrected chi connectivity index (χ1v) is 4.12. The number of rotatable bonds is 3. The molecular formula is C11H14O2. The van der Waals surface area contributed by atoms with Crippen molar-refractivity contribution in [3.05, 3.63) is 41.5 Å². The molecule has 2 heteroatoms. The summed E-state index contributed by atoms with van der Waals surface area (Å²) < 4.78 is 5.03. The van der Waals surface area contributed by atoms with Crippen LogP contribution in [0.4, 0.5) is 0 Å². The Balaban J connectivity index is 3.05. The zero-order chi connectivity index (χ0) is 9.84. The van der Waals surface area contributed by atoms with E-state index in [1.54, 1.807) is 7.11 Å². The standard InChI is InChI=1S/C11H14O2/c1-8-6-10(7-12)4-5-11(8)9(2)13-3/h4-6,12H,2,7H2,1,3H3. The summed E-state index contributed by atoms with van der Waals surface area (Å²) in [5, 5.41) is 8.90. The van der Waals surface area contributed by atoms with Crippen molar-refractivity contribution < 1.29 is 9.84 Å². The van der Waals surface area contributed by atoms with E-state index in [4.69, 9.17) is 9.84 Å². The smallest absolute Gasteiger partial charge is 0.119 e. The molecule has 1 aromatic rings. The van der Waals surface area contributed by atoms with Gasteiger partial charge in [0.2, 0.25) is 0 Å². The third-order valence-electron chi connectivity index (χ3n) is 2.02. The topological polar surface area (TPSA) is 29.5 Å². The maximum absolute atomic E-state index is 8.90. The zero-order valence-corrected chi connectivity index (χ0v) is 8.00. The highest BCUT2D eigenvalue weighted by Crippen LogP contribution is 2.18. The van der Waals surface area contributed by atoms with Gasteiger partial charge in [-0.2, -0.15) is 0 Å². The fourth-order valence-electron chi connectivity index (χ4n) is 1.25. The molecule has 0 bridgehead atoms. The largest absolute Gasteiger partial charge is 0.497 e. The summed E-state index contributed by atoms with van der Waals surface area (Å²) in [5.74, 6) is 0.655. The van der Waals surface area contributed by atoms with Gasteiger partial charge in [-0.3, -0.25) is 0 Å². The van der Waals surface area contributed by atoms with Crippen LogP contribution in [0.25, 0.3) is 5.76 Å². The Morgan fingerprint density at radius 1 is 1.54 bits per heavy atom. The van der Waals surface area contributed by atoms with Gasteiger partial charge in [-0.05, 0) is 18.1 Å². The molecule has 0 aliphatic carbocycles. The Bertz CT molecular complexity index is 316. The molecule has 0 atom stereocenters. The minimum absolute atomic E-state index is 0.0700. The monoisotopic (exact) mass is 178 g/mol. The number of aliphatic hydroxyl groups is 1. The predicted molar refractivity (Wildman–Crippen MR) is 53.1 cm³/mol. The molecule has 0 unspecified atom stereocenters. The summed E-state index contributed by atoms with van der Waals surface area (Å²) in [4.78, 5) is 0. The molecule has 70 valence electrons. The van der Waals surface area contributed by atoms with Crippen molar-refractivity contribution in [2.24, 2.45) is 0 Å². The van der Waals surface area contributed by atoms with Gasteiger partial charge in [-0.1, -0.05) is 24.8 Å². The maximum Gasteiger partial charge on any atom is 0.119 e. The molecule has 1 aromatic carbocycles. The zero-order valence-electron chi connectivity index (χ0n) is 8.00. The van der Waals surface area contributed by atoms with Gasteiger partial charge in [-0.15, -0.1) is 0 Å². The van der Waals surface area contributed by atoms with Crippen LogP contribution in [0.3, 0.4) is 0 Å². The van der Waals surface area contributed by atoms with Crippen LogP contribution >= 0.6 is 0 Å². The Hall–Kier alpha value is -1.28. The summed E-state index contributed by atoms with van der Waals surface area (Å²) in [6, 6.07) is 5.71. The van der Waals surface area contributed by atoms with E-state index in [0.29, 0.717) is 5.76 Å². The number of aliphatic hydroxyl groups excluding tert-OH is 1. The van der Waals surface area contributed by atoms with Crippen LogP contribution in [0.5, 0.6) is 0 Å². The fourth-order valence-corrected chi connectivity index (χ4v) is 1.25. The van der Waals surface area contributed by atoms with Crippen molar-refractivity contribution >= 4 is 5.76 Å². The van der Waals surface area contributed by atoms with Crippen molar-refractivity contribution in [3.63, 3.8) is 0 Å². The number of aryl methyl sites for hydroxylation is 1. The van der Waals surface area contributed by atoms with Crippen LogP contribution in [-0.4, -0.2) is 12.2 Å². The van der Waals surface area contributed by atoms with Gasteiger partial charge in [0.25, 0.3) is 0 Å². The van der Waals surface area contributed by atoms with Crippen LogP contribution in [0.2, 0.25) is 0 Å². The van der Waals surface area contributed by atoms with Crippen LogP contribution in [0.1, 0.15) is 16.7 Å². The van der Waals surface area contributed by atoms with Gasteiger partial charge in [0.1, 0.15) is 5.76 Å². The van der Waals surface area contributed by atoms with Gasteiger partial charge in [0.15, 0.2) is 0 Å². The Morgan fingerprint density at radius 2 is 2.23 bits per heavy atom. The summed E-state index contributed by atoms with van der Waals surface area (Å²) in [7, 11) is 1.60. The van der Waals surface area contributed by atoms with E-state index in [0.717, 1.165) is 16.7 Å². The van der Waals surface area contributed by atoms with E-state index in [1.165, 1.54) is 0 Å². The van der Waals surface area contributed by atoms with Gasteiger partial charge < -0.3 is 9.84 Å². The summed E-state index contributed by atoms with van der Waals surface area (Å²) in [6.07, 6.45) is 0. The first-order valence-electron chi connectivity index (χ1n) is 4.12. The Kier molecular flexibility index (Phi) is 3.09. The summed E-state index contributed by atoms with van der Waals surface area (Å²) in [6.45, 7) is 5.82. The second kappa shape index (κ2) is 4.10. The predicted octanol–water partition coefficient (Wildman–Crippen LogP) is 2.10.